The van der Waals surface area contributed by atoms with E-state index in [-0.39, 0.29) is 100 Å². The van der Waals surface area contributed by atoms with E-state index < -0.39 is 266 Å². The van der Waals surface area contributed by atoms with Crippen LogP contribution in [0.1, 0.15) is 155 Å². The Hall–Kier alpha value is -16.6. The number of aromatic nitrogens is 4. The molecule has 5 aromatic rings. The number of carboxylic acids is 3. The van der Waals surface area contributed by atoms with Gasteiger partial charge in [0.2, 0.25) is 82.7 Å². The third-order valence-electron chi connectivity index (χ3n) is 20.7. The number of guanidine groups is 1. The molecule has 30 N–H and O–H groups in total. The zero-order valence-corrected chi connectivity index (χ0v) is 74.0. The van der Waals surface area contributed by atoms with E-state index >= 15 is 0 Å². The second-order valence-electron chi connectivity index (χ2n) is 31.7. The molecule has 0 saturated carbocycles. The molecule has 53 heteroatoms. The molecule has 2 aromatic heterocycles. The zero-order chi connectivity index (χ0) is 100. The van der Waals surface area contributed by atoms with Crippen molar-refractivity contribution >= 4 is 130 Å². The summed E-state index contributed by atoms with van der Waals surface area (Å²) in [5.41, 5.74) is 17.2. The molecule has 4 heterocycles. The number of hydrogen-bond acceptors (Lipinski definition) is 28. The molecule has 2 aliphatic rings. The van der Waals surface area contributed by atoms with Crippen molar-refractivity contribution in [1.29, 1.82) is 5.41 Å². The summed E-state index contributed by atoms with van der Waals surface area (Å²) in [4.78, 5) is 294. The normalized spacial score (nSPS) is 14.7. The van der Waals surface area contributed by atoms with Crippen molar-refractivity contribution < 1.29 is 136 Å². The maximum absolute atomic E-state index is 14.3. The summed E-state index contributed by atoms with van der Waals surface area (Å²) >= 11 is 0. The molecule has 3 aromatic carbocycles. The summed E-state index contributed by atoms with van der Waals surface area (Å²) in [6.07, 6.45) is -0.278. The minimum Gasteiger partial charge on any atom is -0.508 e. The summed E-state index contributed by atoms with van der Waals surface area (Å²) in [5.74, 6) is -23.7. The molecule has 18 amide bonds. The molecule has 0 saturated heterocycles. The van der Waals surface area contributed by atoms with Gasteiger partial charge >= 0.3 is 29.9 Å². The maximum Gasteiger partial charge on any atom is 0.340 e. The first-order valence-electron chi connectivity index (χ1n) is 41.8. The number of urea groups is 1. The number of imidazole rings is 2. The topological polar surface area (TPSA) is 833 Å². The highest BCUT2D eigenvalue weighted by molar-refractivity contribution is 6.04. The Morgan fingerprint density at radius 3 is 1.39 bits per heavy atom. The number of nitrogens with two attached hydrogens (primary N) is 3. The number of nitrogens with one attached hydrogen (secondary N) is 19. The van der Waals surface area contributed by atoms with E-state index in [1.807, 2.05) is 0 Å². The quantitative estimate of drug-likeness (QED) is 0.00566. The summed E-state index contributed by atoms with van der Waals surface area (Å²) in [7, 11) is 0.875. The number of aliphatic carboxylic acids is 3. The van der Waals surface area contributed by atoms with Crippen LogP contribution in [0.15, 0.2) is 79.6 Å². The zero-order valence-electron chi connectivity index (χ0n) is 74.0. The van der Waals surface area contributed by atoms with Crippen molar-refractivity contribution in [2.75, 3.05) is 20.1 Å². The van der Waals surface area contributed by atoms with Crippen molar-refractivity contribution in [2.45, 2.75) is 203 Å². The van der Waals surface area contributed by atoms with Crippen LogP contribution in [0.5, 0.6) is 23.0 Å². The second kappa shape index (κ2) is 48.4. The fourth-order valence-electron chi connectivity index (χ4n) is 13.5. The molecule has 0 radical (unpaired) electrons. The first kappa shape index (κ1) is 105. The fraction of sp³-hybridized carbons (Fsp3) is 0.439. The molecule has 53 nitrogen and oxygen atoms in total. The number of rotatable bonds is 49. The van der Waals surface area contributed by atoms with Gasteiger partial charge in [0.25, 0.3) is 11.8 Å². The predicted molar refractivity (Wildman–Crippen MR) is 462 cm³/mol. The van der Waals surface area contributed by atoms with Crippen LogP contribution in [0.2, 0.25) is 0 Å². The number of amides is 18. The van der Waals surface area contributed by atoms with Gasteiger partial charge in [0, 0.05) is 92.5 Å². The first-order chi connectivity index (χ1) is 63.5. The first-order valence-corrected chi connectivity index (χ1v) is 41.8. The van der Waals surface area contributed by atoms with Gasteiger partial charge in [-0.3, -0.25) is 97.1 Å². The smallest absolute Gasteiger partial charge is 0.340 e. The number of aromatic hydroxyl groups is 2. The monoisotopic (exact) mass is 1890 g/mol. The lowest BCUT2D eigenvalue weighted by Crippen LogP contribution is -2.61. The average molecular weight is 1890 g/mol. The second-order valence-corrected chi connectivity index (χ2v) is 31.7. The van der Waals surface area contributed by atoms with E-state index in [0.29, 0.717) is 5.01 Å². The predicted octanol–water partition coefficient (Wildman–Crippen LogP) is -6.84. The lowest BCUT2D eigenvalue weighted by atomic mass is 9.77. The highest BCUT2D eigenvalue weighted by Gasteiger charge is 2.54. The molecule has 728 valence electrons. The Balaban J connectivity index is 0.934. The van der Waals surface area contributed by atoms with Gasteiger partial charge in [-0.25, -0.2) is 29.4 Å². The van der Waals surface area contributed by atoms with Crippen LogP contribution in [0.25, 0.3) is 0 Å². The van der Waals surface area contributed by atoms with Crippen molar-refractivity contribution in [3.63, 3.8) is 0 Å². The molecule has 135 heavy (non-hydrogen) atoms. The molecular formula is C82H107N25O28. The van der Waals surface area contributed by atoms with Crippen LogP contribution in [0.4, 0.5) is 4.79 Å². The van der Waals surface area contributed by atoms with E-state index in [1.165, 1.54) is 114 Å². The van der Waals surface area contributed by atoms with Crippen molar-refractivity contribution in [3.05, 3.63) is 119 Å². The van der Waals surface area contributed by atoms with Gasteiger partial charge in [-0.15, -0.1) is 0 Å². The van der Waals surface area contributed by atoms with Gasteiger partial charge in [0.1, 0.15) is 102 Å². The van der Waals surface area contributed by atoms with Gasteiger partial charge in [0.15, 0.2) is 11.6 Å². The minimum atomic E-state index is -2.02. The van der Waals surface area contributed by atoms with Crippen molar-refractivity contribution in [3.8, 4) is 23.0 Å². The molecular weight excluding hydrogens is 1780 g/mol. The van der Waals surface area contributed by atoms with E-state index in [9.17, 15) is 126 Å². The Kier molecular flexibility index (Phi) is 37.8. The third-order valence-corrected chi connectivity index (χ3v) is 20.7. The Bertz CT molecular complexity index is 5270. The maximum atomic E-state index is 14.3. The lowest BCUT2D eigenvalue weighted by Gasteiger charge is -2.36. The van der Waals surface area contributed by atoms with Gasteiger partial charge in [-0.2, -0.15) is 0 Å². The molecule has 1 spiro atoms. The summed E-state index contributed by atoms with van der Waals surface area (Å²) < 4.78 is 12.1. The molecule has 13 atom stereocenters. The molecule has 0 bridgehead atoms. The van der Waals surface area contributed by atoms with Gasteiger partial charge < -0.3 is 142 Å². The van der Waals surface area contributed by atoms with Gasteiger partial charge in [-0.05, 0) is 115 Å². The van der Waals surface area contributed by atoms with Crippen molar-refractivity contribution in [1.82, 2.24) is 110 Å². The molecule has 0 fully saturated rings. The number of carbonyl (C=O) groups is 21. The summed E-state index contributed by atoms with van der Waals surface area (Å²) in [6, 6.07) is -10.4. The number of phenolic OH excluding ortho intramolecular Hbond substituents is 2. The molecule has 0 unspecified atom stereocenters. The van der Waals surface area contributed by atoms with Crippen molar-refractivity contribution in [2.24, 2.45) is 23.1 Å². The Labute approximate surface area is 766 Å². The van der Waals surface area contributed by atoms with Crippen LogP contribution in [-0.2, 0) is 109 Å². The van der Waals surface area contributed by atoms with Crippen LogP contribution < -0.4 is 107 Å². The number of aromatic amines is 2. The number of carboxylic acid groups (broad SMARTS) is 3. The van der Waals surface area contributed by atoms with Gasteiger partial charge in [0.05, 0.1) is 42.6 Å². The number of hydrazine groups is 1. The number of H-pyrrole nitrogens is 2. The van der Waals surface area contributed by atoms with Crippen LogP contribution in [0.3, 0.4) is 0 Å². The largest absolute Gasteiger partial charge is 0.508 e. The highest BCUT2D eigenvalue weighted by atomic mass is 16.6. The highest BCUT2D eigenvalue weighted by Crippen LogP contribution is 2.57. The van der Waals surface area contributed by atoms with Crippen LogP contribution in [0, 0.1) is 11.3 Å². The fourth-order valence-corrected chi connectivity index (χ4v) is 13.5. The number of benzene rings is 3. The minimum absolute atomic E-state index is 0.0277. The Morgan fingerprint density at radius 1 is 0.467 bits per heavy atom. The summed E-state index contributed by atoms with van der Waals surface area (Å²) in [6.45, 7) is 8.26. The van der Waals surface area contributed by atoms with E-state index in [4.69, 9.17) is 32.1 Å². The van der Waals surface area contributed by atoms with E-state index in [1.54, 1.807) is 0 Å². The lowest BCUT2D eigenvalue weighted by molar-refractivity contribution is -0.142. The average Bonchev–Trinajstić information content (AvgIpc) is 1.58. The number of ether oxygens (including phenoxy) is 2. The number of nitrogens with zero attached hydrogens (tertiary/aromatic N) is 3. The number of esters is 1. The van der Waals surface area contributed by atoms with E-state index in [0.717, 1.165) is 20.9 Å². The number of fused-ring (bicyclic) bond motifs is 6. The standard InChI is InChI=1S/C82H107N25O28/c1-35(2)64(105-69(121)40(7)95-71(123)50(17-20-59(83)110)100-70(122)41-11-14-46-49(24-41)82(135-79(46)132)47-15-12-44(108)27-57(47)134-58-28-45(109)13-16-48(58)82)77(129)103-55(26-43-31-88-34-92-43)74(126)96-37(4)66(118)93-38(5)68(120)102-54(25-42-30-87-33-91-42)73(125)97-39(6)67(119)99-52(19-22-63(115)116)76(128)106-107(8)81(133)104-56(29-60(84)111)75(127)101-51(18-21-62(113)114)72(124)94-36(3)65(117)90-32-61(112)98-53(78(130)131)10-9-23-89-80(85)86/h11-16,24,27-28,30-31,33-40,50-56,64,108-109H,9-10,17-23,25-26,29,32H2,1-8H3,(H2,83,110)(H2,84,111)(H,87,91)(H,88,92)(H,90,117)(H,93,118)(H,94,124)(H,95,123)(H,96,126)(H,97,125)(H,98,112)(H,99,119)(H,100,122)(H,101,127)(H,102,120)(H,103,129)(H,104,133)(H,105,121)(H,106,128)(H,113,114)(H,115,116)(H,130,131)(H4,85,86,89)/t36-,37-,38-,39-,40-,50-,51-,52-,53-,54-,55-,56-,64-/m0/s1. The van der Waals surface area contributed by atoms with Crippen LogP contribution >= 0.6 is 0 Å². The number of carbonyl (C=O) groups excluding carboxylic acids is 18. The number of hydrogen-bond donors (Lipinski definition) is 27. The number of phenols is 2. The molecule has 7 rings (SSSR count). The SMILES string of the molecule is CC(C)[C@H](NC(=O)[C@H](C)NC(=O)[C@H](CCC(N)=O)NC(=O)c1ccc2c(c1)C1(OC2=O)c2ccc(O)cc2Oc2cc(O)ccc21)C(=O)N[C@@H](Cc1c[nH]cn1)C(=O)N[C@@H](C)C(=O)N[C@@H](C)C(=O)N[C@@H](Cc1c[nH]cn1)C(=O)N[C@@H](C)C(=O)N[C@@H](CCC(=O)O)C(=O)NN(C)C(=O)N[C@@H](CC(N)=O)C(=O)N[C@@H](CCC(=O)O)C(=O)N[C@@H](C)C(=O)NCC(=O)N[C@@H](CCCNC(=N)N)C(=O)O. The molecule has 2 aliphatic heterocycles. The van der Waals surface area contributed by atoms with E-state index in [2.05, 4.69) is 105 Å². The van der Waals surface area contributed by atoms with Crippen LogP contribution in [-0.4, -0.2) is 280 Å². The number of primary amides is 2. The summed E-state index contributed by atoms with van der Waals surface area (Å²) in [5, 5.41) is 92.3. The van der Waals surface area contributed by atoms with Gasteiger partial charge in [-0.1, -0.05) is 13.8 Å². The Morgan fingerprint density at radius 2 is 0.911 bits per heavy atom. The molecule has 0 aliphatic carbocycles. The third kappa shape index (κ3) is 30.5.